The van der Waals surface area contributed by atoms with E-state index in [-0.39, 0.29) is 0 Å². The van der Waals surface area contributed by atoms with Gasteiger partial charge in [-0.05, 0) is 19.8 Å². The van der Waals surface area contributed by atoms with Gasteiger partial charge in [-0.15, -0.1) is 19.7 Å². The van der Waals surface area contributed by atoms with Crippen LogP contribution in [0.3, 0.4) is 0 Å². The molecular formula is C11H18. The summed E-state index contributed by atoms with van der Waals surface area (Å²) in [6.45, 7) is 12.5. The molecule has 0 saturated heterocycles. The third-order valence-corrected chi connectivity index (χ3v) is 0.872. The SMILES string of the molecule is C=CCC=C.C=CCC=CC. The average molecular weight is 150 g/mol. The van der Waals surface area contributed by atoms with Gasteiger partial charge in [0.15, 0.2) is 0 Å². The molecule has 0 aromatic rings. The minimum atomic E-state index is 0.917. The molecule has 0 heteroatoms. The predicted molar refractivity (Wildman–Crippen MR) is 54.6 cm³/mol. The topological polar surface area (TPSA) is 0 Å². The van der Waals surface area contributed by atoms with Crippen LogP contribution in [0.2, 0.25) is 0 Å². The molecule has 0 N–H and O–H groups in total. The molecule has 11 heavy (non-hydrogen) atoms. The number of rotatable bonds is 4. The fourth-order valence-corrected chi connectivity index (χ4v) is 0.350. The van der Waals surface area contributed by atoms with Gasteiger partial charge in [0.1, 0.15) is 0 Å². The highest BCUT2D eigenvalue weighted by Gasteiger charge is 1.57. The molecular weight excluding hydrogens is 132 g/mol. The number of hydrogen-bond donors (Lipinski definition) is 0. The van der Waals surface area contributed by atoms with E-state index in [9.17, 15) is 0 Å². The van der Waals surface area contributed by atoms with Crippen molar-refractivity contribution in [2.75, 3.05) is 0 Å². The fourth-order valence-electron chi connectivity index (χ4n) is 0.350. The number of allylic oxidation sites excluding steroid dienone is 5. The van der Waals surface area contributed by atoms with E-state index in [1.165, 1.54) is 0 Å². The predicted octanol–water partition coefficient (Wildman–Crippen LogP) is 3.89. The lowest BCUT2D eigenvalue weighted by atomic mass is 10.4. The van der Waals surface area contributed by atoms with Crippen LogP contribution in [0.15, 0.2) is 50.1 Å². The van der Waals surface area contributed by atoms with E-state index in [1.807, 2.05) is 31.2 Å². The highest BCUT2D eigenvalue weighted by Crippen LogP contribution is 1.79. The van der Waals surface area contributed by atoms with Crippen LogP contribution in [-0.4, -0.2) is 0 Å². The zero-order valence-electron chi connectivity index (χ0n) is 7.42. The molecule has 0 fully saturated rings. The Kier molecular flexibility index (Phi) is 18.3. The van der Waals surface area contributed by atoms with Gasteiger partial charge in [-0.1, -0.05) is 30.4 Å². The van der Waals surface area contributed by atoms with Crippen molar-refractivity contribution in [3.05, 3.63) is 50.1 Å². The Balaban J connectivity index is 0. The largest absolute Gasteiger partial charge is 0.103 e. The monoisotopic (exact) mass is 150 g/mol. The van der Waals surface area contributed by atoms with Crippen LogP contribution in [0.1, 0.15) is 19.8 Å². The van der Waals surface area contributed by atoms with Gasteiger partial charge < -0.3 is 0 Å². The summed E-state index contributed by atoms with van der Waals surface area (Å²) < 4.78 is 0. The van der Waals surface area contributed by atoms with E-state index < -0.39 is 0 Å². The Labute approximate surface area is 70.6 Å². The first-order valence-electron chi connectivity index (χ1n) is 3.77. The van der Waals surface area contributed by atoms with Crippen LogP contribution in [0, 0.1) is 0 Å². The van der Waals surface area contributed by atoms with E-state index in [0.29, 0.717) is 0 Å². The van der Waals surface area contributed by atoms with Crippen LogP contribution < -0.4 is 0 Å². The molecule has 0 amide bonds. The summed E-state index contributed by atoms with van der Waals surface area (Å²) in [4.78, 5) is 0. The van der Waals surface area contributed by atoms with Crippen LogP contribution in [0.4, 0.5) is 0 Å². The molecule has 0 aromatic carbocycles. The summed E-state index contributed by atoms with van der Waals surface area (Å²) >= 11 is 0. The van der Waals surface area contributed by atoms with Crippen LogP contribution in [-0.2, 0) is 0 Å². The molecule has 0 aliphatic carbocycles. The highest BCUT2D eigenvalue weighted by atomic mass is 13.6. The van der Waals surface area contributed by atoms with Gasteiger partial charge in [0.05, 0.1) is 0 Å². The highest BCUT2D eigenvalue weighted by molar-refractivity contribution is 4.85. The Morgan fingerprint density at radius 2 is 1.36 bits per heavy atom. The molecule has 0 heterocycles. The summed E-state index contributed by atoms with van der Waals surface area (Å²) in [6.07, 6.45) is 11.5. The fraction of sp³-hybridized carbons (Fsp3) is 0.273. The maximum absolute atomic E-state index is 3.55. The van der Waals surface area contributed by atoms with Crippen molar-refractivity contribution in [1.82, 2.24) is 0 Å². The molecule has 0 rings (SSSR count). The standard InChI is InChI=1S/C6H10.C5H8/c1-3-5-6-4-2;1-3-5-4-2/h3-4,6H,1,5H2,2H3;3-4H,1-2,5H2. The first-order valence-corrected chi connectivity index (χ1v) is 3.77. The molecule has 0 aliphatic heterocycles. The van der Waals surface area contributed by atoms with Gasteiger partial charge in [0.2, 0.25) is 0 Å². The third kappa shape index (κ3) is 27.7. The van der Waals surface area contributed by atoms with Gasteiger partial charge in [-0.3, -0.25) is 0 Å². The summed E-state index contributed by atoms with van der Waals surface area (Å²) in [5.41, 5.74) is 0. The van der Waals surface area contributed by atoms with Crippen molar-refractivity contribution in [3.63, 3.8) is 0 Å². The molecule has 0 atom stereocenters. The van der Waals surface area contributed by atoms with Gasteiger partial charge in [-0.25, -0.2) is 0 Å². The van der Waals surface area contributed by atoms with Gasteiger partial charge in [-0.2, -0.15) is 0 Å². The average Bonchev–Trinajstić information content (AvgIpc) is 2.04. The molecule has 0 aliphatic rings. The molecule has 0 spiro atoms. The second-order valence-corrected chi connectivity index (χ2v) is 1.91. The summed E-state index contributed by atoms with van der Waals surface area (Å²) in [5.74, 6) is 0. The third-order valence-electron chi connectivity index (χ3n) is 0.872. The smallest absolute Gasteiger partial charge is 0.0172 e. The lowest BCUT2D eigenvalue weighted by Crippen LogP contribution is -1.48. The Hall–Kier alpha value is -1.04. The summed E-state index contributed by atoms with van der Waals surface area (Å²) in [5, 5.41) is 0. The van der Waals surface area contributed by atoms with Crippen molar-refractivity contribution in [2.24, 2.45) is 0 Å². The summed E-state index contributed by atoms with van der Waals surface area (Å²) in [6, 6.07) is 0. The molecule has 0 bridgehead atoms. The first-order chi connectivity index (χ1) is 5.33. The van der Waals surface area contributed by atoms with Crippen molar-refractivity contribution >= 4 is 0 Å². The molecule has 0 unspecified atom stereocenters. The van der Waals surface area contributed by atoms with Gasteiger partial charge >= 0.3 is 0 Å². The second kappa shape index (κ2) is 16.0. The van der Waals surface area contributed by atoms with Crippen molar-refractivity contribution < 1.29 is 0 Å². The van der Waals surface area contributed by atoms with Crippen molar-refractivity contribution in [3.8, 4) is 0 Å². The maximum Gasteiger partial charge on any atom is -0.0172 e. The second-order valence-electron chi connectivity index (χ2n) is 1.91. The van der Waals surface area contributed by atoms with E-state index in [2.05, 4.69) is 25.8 Å². The van der Waals surface area contributed by atoms with Gasteiger partial charge in [0, 0.05) is 0 Å². The van der Waals surface area contributed by atoms with Crippen LogP contribution >= 0.6 is 0 Å². The van der Waals surface area contributed by atoms with E-state index in [4.69, 9.17) is 0 Å². The minimum Gasteiger partial charge on any atom is -0.103 e. The quantitative estimate of drug-likeness (QED) is 0.533. The van der Waals surface area contributed by atoms with Crippen LogP contribution in [0.5, 0.6) is 0 Å². The zero-order chi connectivity index (χ0) is 8.95. The lowest BCUT2D eigenvalue weighted by molar-refractivity contribution is 1.39. The molecule has 0 nitrogen and oxygen atoms in total. The van der Waals surface area contributed by atoms with Crippen molar-refractivity contribution in [2.45, 2.75) is 19.8 Å². The normalized spacial score (nSPS) is 8.09. The van der Waals surface area contributed by atoms with E-state index in [1.54, 1.807) is 0 Å². The molecule has 0 saturated carbocycles. The van der Waals surface area contributed by atoms with E-state index in [0.717, 1.165) is 12.8 Å². The minimum absolute atomic E-state index is 0.917. The Morgan fingerprint density at radius 3 is 1.45 bits per heavy atom. The maximum atomic E-state index is 3.55. The van der Waals surface area contributed by atoms with Crippen molar-refractivity contribution in [1.29, 1.82) is 0 Å². The zero-order valence-corrected chi connectivity index (χ0v) is 7.42. The van der Waals surface area contributed by atoms with Gasteiger partial charge in [0.25, 0.3) is 0 Å². The molecule has 0 radical (unpaired) electrons. The Morgan fingerprint density at radius 1 is 0.909 bits per heavy atom. The first kappa shape index (κ1) is 12.6. The summed E-state index contributed by atoms with van der Waals surface area (Å²) in [7, 11) is 0. The number of hydrogen-bond acceptors (Lipinski definition) is 0. The molecule has 0 aromatic heterocycles. The molecule has 62 valence electrons. The lowest BCUT2D eigenvalue weighted by Gasteiger charge is -1.69. The van der Waals surface area contributed by atoms with Crippen LogP contribution in [0.25, 0.3) is 0 Å². The Bertz CT molecular complexity index is 112. The van der Waals surface area contributed by atoms with E-state index >= 15 is 0 Å².